The average molecular weight is 345 g/mol. The molecule has 1 unspecified atom stereocenters. The minimum atomic E-state index is -4.13. The SMILES string of the molecule is O=C(NCCCS(=O)(=O)O)OC1O[C@H](CO)[C@@H](O)[C@H](O)[C@H]1O. The first-order chi connectivity index (χ1) is 10.2. The van der Waals surface area contributed by atoms with E-state index in [9.17, 15) is 28.5 Å². The number of alkyl carbamates (subject to hydrolysis) is 1. The summed E-state index contributed by atoms with van der Waals surface area (Å²) in [7, 11) is -4.13. The maximum Gasteiger partial charge on any atom is 0.409 e. The first-order valence-electron chi connectivity index (χ1n) is 6.36. The molecule has 1 aliphatic rings. The van der Waals surface area contributed by atoms with Crippen molar-refractivity contribution in [3.63, 3.8) is 0 Å². The molecule has 130 valence electrons. The molecule has 0 aromatic heterocycles. The Balaban J connectivity index is 2.42. The molecular weight excluding hydrogens is 326 g/mol. The normalized spacial score (nSPS) is 32.5. The summed E-state index contributed by atoms with van der Waals surface area (Å²) < 4.78 is 39.0. The van der Waals surface area contributed by atoms with Gasteiger partial charge in [0.1, 0.15) is 24.4 Å². The quantitative estimate of drug-likeness (QED) is 0.211. The highest BCUT2D eigenvalue weighted by molar-refractivity contribution is 7.85. The number of hydrogen-bond acceptors (Lipinski definition) is 9. The number of hydrogen-bond donors (Lipinski definition) is 6. The van der Waals surface area contributed by atoms with Crippen molar-refractivity contribution >= 4 is 16.2 Å². The molecule has 1 saturated heterocycles. The van der Waals surface area contributed by atoms with Crippen molar-refractivity contribution in [2.24, 2.45) is 0 Å². The Morgan fingerprint density at radius 1 is 1.18 bits per heavy atom. The summed E-state index contributed by atoms with van der Waals surface area (Å²) in [5.74, 6) is -0.548. The van der Waals surface area contributed by atoms with Gasteiger partial charge in [-0.1, -0.05) is 0 Å². The van der Waals surface area contributed by atoms with E-state index in [1.807, 2.05) is 0 Å². The van der Waals surface area contributed by atoms with Crippen molar-refractivity contribution in [3.8, 4) is 0 Å². The maximum absolute atomic E-state index is 11.4. The Kier molecular flexibility index (Phi) is 6.93. The second-order valence-electron chi connectivity index (χ2n) is 4.67. The number of nitrogens with one attached hydrogen (secondary N) is 1. The van der Waals surface area contributed by atoms with Gasteiger partial charge in [-0.15, -0.1) is 0 Å². The smallest absolute Gasteiger partial charge is 0.409 e. The predicted molar refractivity (Wildman–Crippen MR) is 69.3 cm³/mol. The zero-order valence-electron chi connectivity index (χ0n) is 11.4. The summed E-state index contributed by atoms with van der Waals surface area (Å²) >= 11 is 0. The van der Waals surface area contributed by atoms with Crippen LogP contribution in [0.5, 0.6) is 0 Å². The van der Waals surface area contributed by atoms with Crippen LogP contribution in [0.3, 0.4) is 0 Å². The molecule has 1 rings (SSSR count). The Bertz CT molecular complexity index is 466. The number of carbonyl (C=O) groups excluding carboxylic acids is 1. The van der Waals surface area contributed by atoms with Crippen molar-refractivity contribution in [1.29, 1.82) is 0 Å². The van der Waals surface area contributed by atoms with E-state index in [1.54, 1.807) is 0 Å². The van der Waals surface area contributed by atoms with Gasteiger partial charge in [0.25, 0.3) is 10.1 Å². The second kappa shape index (κ2) is 8.01. The first-order valence-corrected chi connectivity index (χ1v) is 7.97. The third-order valence-corrected chi connectivity index (χ3v) is 3.72. The van der Waals surface area contributed by atoms with E-state index < -0.39 is 59.3 Å². The maximum atomic E-state index is 11.4. The molecule has 0 bridgehead atoms. The molecule has 1 aliphatic heterocycles. The van der Waals surface area contributed by atoms with Crippen molar-refractivity contribution in [2.45, 2.75) is 37.1 Å². The van der Waals surface area contributed by atoms with Gasteiger partial charge < -0.3 is 35.2 Å². The summed E-state index contributed by atoms with van der Waals surface area (Å²) in [5, 5.41) is 39.7. The van der Waals surface area contributed by atoms with Crippen LogP contribution in [0.15, 0.2) is 0 Å². The molecule has 0 aromatic rings. The Morgan fingerprint density at radius 2 is 1.82 bits per heavy atom. The van der Waals surface area contributed by atoms with Crippen LogP contribution >= 0.6 is 0 Å². The van der Waals surface area contributed by atoms with E-state index in [0.717, 1.165) is 0 Å². The summed E-state index contributed by atoms with van der Waals surface area (Å²) in [6.45, 7) is -0.795. The van der Waals surface area contributed by atoms with Crippen LogP contribution in [0, 0.1) is 0 Å². The highest BCUT2D eigenvalue weighted by Gasteiger charge is 2.45. The van der Waals surface area contributed by atoms with Gasteiger partial charge >= 0.3 is 6.09 Å². The lowest BCUT2D eigenvalue weighted by molar-refractivity contribution is -0.284. The minimum Gasteiger partial charge on any atom is -0.417 e. The van der Waals surface area contributed by atoms with Crippen molar-refractivity contribution in [2.75, 3.05) is 18.9 Å². The molecule has 0 saturated carbocycles. The molecule has 0 aromatic carbocycles. The molecule has 12 heteroatoms. The van der Waals surface area contributed by atoms with Crippen LogP contribution in [-0.4, -0.2) is 89.1 Å². The topological polar surface area (TPSA) is 183 Å². The van der Waals surface area contributed by atoms with Gasteiger partial charge in [0.15, 0.2) is 0 Å². The monoisotopic (exact) mass is 345 g/mol. The fraction of sp³-hybridized carbons (Fsp3) is 0.900. The van der Waals surface area contributed by atoms with Gasteiger partial charge in [0.05, 0.1) is 12.4 Å². The van der Waals surface area contributed by atoms with Crippen LogP contribution in [0.1, 0.15) is 6.42 Å². The van der Waals surface area contributed by atoms with E-state index >= 15 is 0 Å². The Hall–Kier alpha value is -1.02. The van der Waals surface area contributed by atoms with Crippen LogP contribution in [0.2, 0.25) is 0 Å². The third-order valence-electron chi connectivity index (χ3n) is 2.92. The van der Waals surface area contributed by atoms with E-state index in [2.05, 4.69) is 10.1 Å². The molecule has 1 fully saturated rings. The third kappa shape index (κ3) is 5.64. The lowest BCUT2D eigenvalue weighted by Gasteiger charge is -2.39. The number of aliphatic hydroxyl groups excluding tert-OH is 4. The molecule has 1 amide bonds. The molecule has 5 atom stereocenters. The minimum absolute atomic E-state index is 0.0669. The number of amides is 1. The van der Waals surface area contributed by atoms with Crippen LogP contribution in [-0.2, 0) is 19.6 Å². The van der Waals surface area contributed by atoms with Gasteiger partial charge in [0, 0.05) is 6.54 Å². The molecule has 0 radical (unpaired) electrons. The van der Waals surface area contributed by atoms with Gasteiger partial charge in [-0.2, -0.15) is 8.42 Å². The largest absolute Gasteiger partial charge is 0.417 e. The number of carbonyl (C=O) groups is 1. The lowest BCUT2D eigenvalue weighted by atomic mass is 9.99. The highest BCUT2D eigenvalue weighted by Crippen LogP contribution is 2.21. The van der Waals surface area contributed by atoms with Gasteiger partial charge in [-0.3, -0.25) is 4.55 Å². The molecule has 6 N–H and O–H groups in total. The van der Waals surface area contributed by atoms with Gasteiger partial charge in [0.2, 0.25) is 6.29 Å². The first kappa shape index (κ1) is 19.0. The van der Waals surface area contributed by atoms with Crippen molar-refractivity contribution < 1.29 is 47.7 Å². The summed E-state index contributed by atoms with van der Waals surface area (Å²) in [6.07, 6.45) is -8.93. The zero-order valence-corrected chi connectivity index (χ0v) is 12.2. The summed E-state index contributed by atoms with van der Waals surface area (Å²) in [6, 6.07) is 0. The molecule has 1 heterocycles. The average Bonchev–Trinajstić information content (AvgIpc) is 2.43. The molecule has 22 heavy (non-hydrogen) atoms. The van der Waals surface area contributed by atoms with Crippen LogP contribution in [0.25, 0.3) is 0 Å². The van der Waals surface area contributed by atoms with Gasteiger partial charge in [-0.25, -0.2) is 4.79 Å². The Labute approximate surface area is 126 Å². The fourth-order valence-electron chi connectivity index (χ4n) is 1.76. The van der Waals surface area contributed by atoms with Crippen LogP contribution < -0.4 is 5.32 Å². The van der Waals surface area contributed by atoms with Crippen LogP contribution in [0.4, 0.5) is 4.79 Å². The fourth-order valence-corrected chi connectivity index (χ4v) is 2.27. The molecule has 0 spiro atoms. The van der Waals surface area contributed by atoms with Crippen molar-refractivity contribution in [1.82, 2.24) is 5.32 Å². The molecule has 0 aliphatic carbocycles. The highest BCUT2D eigenvalue weighted by atomic mass is 32.2. The second-order valence-corrected chi connectivity index (χ2v) is 6.24. The Morgan fingerprint density at radius 3 is 2.36 bits per heavy atom. The molecular formula is C10H19NO10S. The van der Waals surface area contributed by atoms with E-state index in [4.69, 9.17) is 14.4 Å². The van der Waals surface area contributed by atoms with Gasteiger partial charge in [-0.05, 0) is 6.42 Å². The zero-order chi connectivity index (χ0) is 16.9. The number of aliphatic hydroxyl groups is 4. The van der Waals surface area contributed by atoms with E-state index in [0.29, 0.717) is 0 Å². The molecule has 11 nitrogen and oxygen atoms in total. The van der Waals surface area contributed by atoms with E-state index in [-0.39, 0.29) is 13.0 Å². The summed E-state index contributed by atoms with van der Waals surface area (Å²) in [5.41, 5.74) is 0. The number of ether oxygens (including phenoxy) is 2. The lowest BCUT2D eigenvalue weighted by Crippen LogP contribution is -2.59. The predicted octanol–water partition coefficient (Wildman–Crippen LogP) is -3.21. The summed E-state index contributed by atoms with van der Waals surface area (Å²) in [4.78, 5) is 11.4. The van der Waals surface area contributed by atoms with Crippen molar-refractivity contribution in [3.05, 3.63) is 0 Å². The van der Waals surface area contributed by atoms with E-state index in [1.165, 1.54) is 0 Å². The number of rotatable bonds is 6. The standard InChI is InChI=1S/C10H19NO10S/c12-4-5-6(13)7(14)8(15)9(20-5)21-10(16)11-2-1-3-22(17,18)19/h5-9,12-15H,1-4H2,(H,11,16)(H,17,18,19)/t5-,6-,7+,8-,9?/m1/s1.